The molecule has 0 atom stereocenters. The molecule has 1 aliphatic rings. The summed E-state index contributed by atoms with van der Waals surface area (Å²) in [5.74, 6) is 0.0129. The highest BCUT2D eigenvalue weighted by Crippen LogP contribution is 2.20. The van der Waals surface area contributed by atoms with Crippen LogP contribution in [0, 0.1) is 19.7 Å². The van der Waals surface area contributed by atoms with E-state index in [-0.39, 0.29) is 18.2 Å². The summed E-state index contributed by atoms with van der Waals surface area (Å²) in [7, 11) is 1.49. The summed E-state index contributed by atoms with van der Waals surface area (Å²) in [6.07, 6.45) is 2.21. The van der Waals surface area contributed by atoms with Crippen LogP contribution in [-0.2, 0) is 13.1 Å². The minimum absolute atomic E-state index is 0. The third-order valence-electron chi connectivity index (χ3n) is 5.06. The summed E-state index contributed by atoms with van der Waals surface area (Å²) in [6, 6.07) is 5.75. The van der Waals surface area contributed by atoms with Gasteiger partial charge in [-0.3, -0.25) is 10.00 Å². The monoisotopic (exact) mass is 382 g/mol. The van der Waals surface area contributed by atoms with E-state index in [4.69, 9.17) is 4.74 Å². The first-order chi connectivity index (χ1) is 12.1. The van der Waals surface area contributed by atoms with E-state index in [1.54, 1.807) is 12.1 Å². The molecule has 7 heteroatoms. The SMILES string of the molecule is COc1ccc(CN2CCC(NCc3c(C)n[nH]c3C)CC2)cc1F.Cl. The molecule has 2 aromatic rings. The smallest absolute Gasteiger partial charge is 0.165 e. The van der Waals surface area contributed by atoms with Gasteiger partial charge in [0.2, 0.25) is 0 Å². The fraction of sp³-hybridized carbons (Fsp3) is 0.526. The van der Waals surface area contributed by atoms with E-state index in [0.29, 0.717) is 11.8 Å². The lowest BCUT2D eigenvalue weighted by atomic mass is 10.0. The van der Waals surface area contributed by atoms with Crippen LogP contribution in [0.4, 0.5) is 4.39 Å². The van der Waals surface area contributed by atoms with Gasteiger partial charge in [0.1, 0.15) is 0 Å². The average Bonchev–Trinajstić information content (AvgIpc) is 2.93. The Morgan fingerprint density at radius 1 is 1.31 bits per heavy atom. The number of aromatic nitrogens is 2. The highest BCUT2D eigenvalue weighted by atomic mass is 35.5. The van der Waals surface area contributed by atoms with Crippen molar-refractivity contribution in [3.8, 4) is 5.75 Å². The van der Waals surface area contributed by atoms with E-state index < -0.39 is 0 Å². The molecule has 0 unspecified atom stereocenters. The highest BCUT2D eigenvalue weighted by molar-refractivity contribution is 5.85. The van der Waals surface area contributed by atoms with Crippen LogP contribution < -0.4 is 10.1 Å². The maximum atomic E-state index is 13.8. The van der Waals surface area contributed by atoms with Gasteiger partial charge in [-0.2, -0.15) is 5.10 Å². The molecular weight excluding hydrogens is 355 g/mol. The molecule has 1 fully saturated rings. The third-order valence-corrected chi connectivity index (χ3v) is 5.06. The third kappa shape index (κ3) is 4.96. The second-order valence-corrected chi connectivity index (χ2v) is 6.81. The Kier molecular flexibility index (Phi) is 7.43. The molecule has 0 bridgehead atoms. The van der Waals surface area contributed by atoms with E-state index in [9.17, 15) is 4.39 Å². The zero-order chi connectivity index (χ0) is 17.8. The van der Waals surface area contributed by atoms with Crippen LogP contribution in [0.2, 0.25) is 0 Å². The predicted octanol–water partition coefficient (Wildman–Crippen LogP) is 3.35. The molecule has 1 aliphatic heterocycles. The number of nitrogens with zero attached hydrogens (tertiary/aromatic N) is 2. The van der Waals surface area contributed by atoms with E-state index in [0.717, 1.165) is 56.0 Å². The fourth-order valence-electron chi connectivity index (χ4n) is 3.44. The molecule has 5 nitrogen and oxygen atoms in total. The van der Waals surface area contributed by atoms with Crippen molar-refractivity contribution in [3.05, 3.63) is 46.5 Å². The minimum Gasteiger partial charge on any atom is -0.494 e. The van der Waals surface area contributed by atoms with E-state index in [1.807, 2.05) is 13.0 Å². The number of piperidine rings is 1. The quantitative estimate of drug-likeness (QED) is 0.804. The van der Waals surface area contributed by atoms with Crippen molar-refractivity contribution in [2.24, 2.45) is 0 Å². The van der Waals surface area contributed by atoms with Crippen molar-refractivity contribution in [1.29, 1.82) is 0 Å². The molecular formula is C19H28ClFN4O. The Labute approximate surface area is 160 Å². The van der Waals surface area contributed by atoms with Gasteiger partial charge in [0.25, 0.3) is 0 Å². The standard InChI is InChI=1S/C19H27FN4O.ClH/c1-13-17(14(2)23-22-13)11-21-16-6-8-24(9-7-16)12-15-4-5-19(25-3)18(20)10-15;/h4-5,10,16,21H,6-9,11-12H2,1-3H3,(H,22,23);1H. The lowest BCUT2D eigenvalue weighted by Gasteiger charge is -2.32. The molecule has 0 aliphatic carbocycles. The summed E-state index contributed by atoms with van der Waals surface area (Å²) in [6.45, 7) is 7.80. The van der Waals surface area contributed by atoms with Crippen LogP contribution >= 0.6 is 12.4 Å². The van der Waals surface area contributed by atoms with E-state index >= 15 is 0 Å². The molecule has 0 saturated carbocycles. The first-order valence-corrected chi connectivity index (χ1v) is 8.85. The lowest BCUT2D eigenvalue weighted by Crippen LogP contribution is -2.42. The maximum Gasteiger partial charge on any atom is 0.165 e. The number of likely N-dealkylation sites (tertiary alicyclic amines) is 1. The Hall–Kier alpha value is -1.63. The Bertz CT molecular complexity index is 694. The summed E-state index contributed by atoms with van der Waals surface area (Å²) >= 11 is 0. The molecule has 1 aromatic heterocycles. The Morgan fingerprint density at radius 3 is 2.62 bits per heavy atom. The number of halogens is 2. The summed E-state index contributed by atoms with van der Waals surface area (Å²) < 4.78 is 18.8. The summed E-state index contributed by atoms with van der Waals surface area (Å²) in [5.41, 5.74) is 4.48. The number of aryl methyl sites for hydroxylation is 2. The Morgan fingerprint density at radius 2 is 2.04 bits per heavy atom. The van der Waals surface area contributed by atoms with Crippen LogP contribution in [-0.4, -0.2) is 41.3 Å². The number of rotatable bonds is 6. The van der Waals surface area contributed by atoms with Crippen molar-refractivity contribution in [2.45, 2.75) is 45.8 Å². The van der Waals surface area contributed by atoms with E-state index in [1.165, 1.54) is 12.7 Å². The number of hydrogen-bond acceptors (Lipinski definition) is 4. The van der Waals surface area contributed by atoms with Gasteiger partial charge in [-0.05, 0) is 57.5 Å². The van der Waals surface area contributed by atoms with Gasteiger partial charge in [0, 0.05) is 30.4 Å². The van der Waals surface area contributed by atoms with Crippen molar-refractivity contribution < 1.29 is 9.13 Å². The fourth-order valence-corrected chi connectivity index (χ4v) is 3.44. The van der Waals surface area contributed by atoms with Crippen LogP contribution in [0.25, 0.3) is 0 Å². The molecule has 0 radical (unpaired) electrons. The normalized spacial score (nSPS) is 15.7. The second kappa shape index (κ2) is 9.35. The maximum absolute atomic E-state index is 13.8. The Balaban J connectivity index is 0.00000243. The first kappa shape index (κ1) is 20.7. The number of hydrogen-bond donors (Lipinski definition) is 2. The van der Waals surface area contributed by atoms with Gasteiger partial charge in [0.15, 0.2) is 11.6 Å². The number of aromatic amines is 1. The van der Waals surface area contributed by atoms with Gasteiger partial charge in [-0.1, -0.05) is 6.07 Å². The largest absolute Gasteiger partial charge is 0.494 e. The topological polar surface area (TPSA) is 53.2 Å². The lowest BCUT2D eigenvalue weighted by molar-refractivity contribution is 0.190. The van der Waals surface area contributed by atoms with Crippen molar-refractivity contribution in [2.75, 3.05) is 20.2 Å². The molecule has 26 heavy (non-hydrogen) atoms. The first-order valence-electron chi connectivity index (χ1n) is 8.85. The minimum atomic E-state index is -0.289. The number of H-pyrrole nitrogens is 1. The number of ether oxygens (including phenoxy) is 1. The summed E-state index contributed by atoms with van der Waals surface area (Å²) in [4.78, 5) is 2.38. The predicted molar refractivity (Wildman–Crippen MR) is 103 cm³/mol. The van der Waals surface area contributed by atoms with Crippen LogP contribution in [0.3, 0.4) is 0 Å². The van der Waals surface area contributed by atoms with Gasteiger partial charge in [-0.15, -0.1) is 12.4 Å². The van der Waals surface area contributed by atoms with Gasteiger partial charge >= 0.3 is 0 Å². The van der Waals surface area contributed by atoms with Crippen molar-refractivity contribution in [3.63, 3.8) is 0 Å². The van der Waals surface area contributed by atoms with E-state index in [2.05, 4.69) is 27.3 Å². The van der Waals surface area contributed by atoms with Gasteiger partial charge in [-0.25, -0.2) is 4.39 Å². The number of benzene rings is 1. The molecule has 144 valence electrons. The molecule has 2 heterocycles. The molecule has 1 saturated heterocycles. The second-order valence-electron chi connectivity index (χ2n) is 6.81. The van der Waals surface area contributed by atoms with Crippen LogP contribution in [0.5, 0.6) is 5.75 Å². The molecule has 3 rings (SSSR count). The zero-order valence-electron chi connectivity index (χ0n) is 15.6. The number of methoxy groups -OCH3 is 1. The average molecular weight is 383 g/mol. The van der Waals surface area contributed by atoms with Gasteiger partial charge in [0.05, 0.1) is 12.8 Å². The van der Waals surface area contributed by atoms with Crippen molar-refractivity contribution >= 4 is 12.4 Å². The van der Waals surface area contributed by atoms with Crippen LogP contribution in [0.15, 0.2) is 18.2 Å². The molecule has 0 amide bonds. The number of nitrogens with one attached hydrogen (secondary N) is 2. The summed E-state index contributed by atoms with van der Waals surface area (Å²) in [5, 5.41) is 10.9. The highest BCUT2D eigenvalue weighted by Gasteiger charge is 2.20. The molecule has 0 spiro atoms. The molecule has 2 N–H and O–H groups in total. The molecule has 1 aromatic carbocycles. The van der Waals surface area contributed by atoms with Crippen LogP contribution in [0.1, 0.15) is 35.4 Å². The van der Waals surface area contributed by atoms with Crippen molar-refractivity contribution in [1.82, 2.24) is 20.4 Å². The van der Waals surface area contributed by atoms with Gasteiger partial charge < -0.3 is 10.1 Å². The zero-order valence-corrected chi connectivity index (χ0v) is 16.5.